The van der Waals surface area contributed by atoms with Crippen LogP contribution in [0.3, 0.4) is 0 Å². The zero-order valence-corrected chi connectivity index (χ0v) is 11.3. The average molecular weight is 254 g/mol. The van der Waals surface area contributed by atoms with Crippen molar-refractivity contribution in [3.8, 4) is 5.75 Å². The van der Waals surface area contributed by atoms with Crippen molar-refractivity contribution in [3.05, 3.63) is 28.8 Å². The molecule has 0 spiro atoms. The Morgan fingerprint density at radius 1 is 1.41 bits per heavy atom. The molecule has 1 aromatic carbocycles. The van der Waals surface area contributed by atoms with Gasteiger partial charge < -0.3 is 10.1 Å². The van der Waals surface area contributed by atoms with Crippen LogP contribution in [0.15, 0.2) is 18.2 Å². The third-order valence-electron chi connectivity index (χ3n) is 3.57. The molecule has 2 atom stereocenters. The summed E-state index contributed by atoms with van der Waals surface area (Å²) in [5, 5.41) is 4.36. The molecule has 94 valence electrons. The lowest BCUT2D eigenvalue weighted by molar-refractivity contribution is 0.398. The summed E-state index contributed by atoms with van der Waals surface area (Å²) in [6.07, 6.45) is 3.74. The number of hydrogen-bond donors (Lipinski definition) is 1. The van der Waals surface area contributed by atoms with Gasteiger partial charge in [-0.2, -0.15) is 0 Å². The second-order valence-corrected chi connectivity index (χ2v) is 5.02. The summed E-state index contributed by atoms with van der Waals surface area (Å²) in [4.78, 5) is 0. The van der Waals surface area contributed by atoms with Crippen molar-refractivity contribution in [2.24, 2.45) is 0 Å². The first-order valence-electron chi connectivity index (χ1n) is 6.33. The molecule has 2 unspecified atom stereocenters. The lowest BCUT2D eigenvalue weighted by Gasteiger charge is -2.22. The van der Waals surface area contributed by atoms with Crippen molar-refractivity contribution < 1.29 is 4.74 Å². The molecule has 1 aliphatic rings. The minimum Gasteiger partial charge on any atom is -0.496 e. The van der Waals surface area contributed by atoms with Crippen LogP contribution < -0.4 is 10.1 Å². The fraction of sp³-hybridized carbons (Fsp3) is 0.571. The third-order valence-corrected chi connectivity index (χ3v) is 3.81. The summed E-state index contributed by atoms with van der Waals surface area (Å²) in [7, 11) is 1.73. The van der Waals surface area contributed by atoms with Gasteiger partial charge in [-0.3, -0.25) is 0 Å². The molecule has 0 radical (unpaired) electrons. The maximum Gasteiger partial charge on any atom is 0.122 e. The molecule has 0 aliphatic heterocycles. The molecule has 1 fully saturated rings. The van der Waals surface area contributed by atoms with Crippen LogP contribution in [0.1, 0.15) is 37.7 Å². The minimum absolute atomic E-state index is 0.531. The first-order chi connectivity index (χ1) is 8.26. The van der Waals surface area contributed by atoms with Crippen LogP contribution in [0.5, 0.6) is 5.75 Å². The lowest BCUT2D eigenvalue weighted by atomic mass is 9.93. The molecule has 1 aromatic rings. The molecule has 2 rings (SSSR count). The summed E-state index contributed by atoms with van der Waals surface area (Å²) < 4.78 is 5.45. The quantitative estimate of drug-likeness (QED) is 0.885. The molecule has 0 saturated heterocycles. The number of hydrogen-bond acceptors (Lipinski definition) is 2. The van der Waals surface area contributed by atoms with Gasteiger partial charge in [0.15, 0.2) is 0 Å². The molecule has 1 saturated carbocycles. The minimum atomic E-state index is 0.531. The van der Waals surface area contributed by atoms with Gasteiger partial charge in [-0.15, -0.1) is 0 Å². The monoisotopic (exact) mass is 253 g/mol. The van der Waals surface area contributed by atoms with Gasteiger partial charge >= 0.3 is 0 Å². The predicted molar refractivity (Wildman–Crippen MR) is 72.1 cm³/mol. The highest BCUT2D eigenvalue weighted by Crippen LogP contribution is 2.40. The summed E-state index contributed by atoms with van der Waals surface area (Å²) in [6, 6.07) is 6.48. The highest BCUT2D eigenvalue weighted by atomic mass is 35.5. The summed E-state index contributed by atoms with van der Waals surface area (Å²) >= 11 is 6.10. The van der Waals surface area contributed by atoms with Gasteiger partial charge in [0.05, 0.1) is 7.11 Å². The Labute approximate surface area is 108 Å². The van der Waals surface area contributed by atoms with Crippen molar-refractivity contribution in [2.45, 2.75) is 38.1 Å². The maximum atomic E-state index is 6.10. The number of methoxy groups -OCH3 is 1. The van der Waals surface area contributed by atoms with E-state index in [1.165, 1.54) is 24.8 Å². The van der Waals surface area contributed by atoms with Crippen LogP contribution in [-0.4, -0.2) is 19.7 Å². The van der Waals surface area contributed by atoms with E-state index in [2.05, 4.69) is 18.3 Å². The standard InChI is InChI=1S/C14H20ClNO/c1-3-16-13-6-4-5-11(13)12-9-10(15)7-8-14(12)17-2/h7-9,11,13,16H,3-6H2,1-2H3. The van der Waals surface area contributed by atoms with Crippen molar-refractivity contribution in [1.82, 2.24) is 5.32 Å². The molecule has 3 heteroatoms. The summed E-state index contributed by atoms with van der Waals surface area (Å²) in [5.41, 5.74) is 1.25. The Morgan fingerprint density at radius 2 is 2.24 bits per heavy atom. The zero-order valence-electron chi connectivity index (χ0n) is 10.5. The van der Waals surface area contributed by atoms with Crippen LogP contribution in [-0.2, 0) is 0 Å². The van der Waals surface area contributed by atoms with Crippen molar-refractivity contribution >= 4 is 11.6 Å². The Balaban J connectivity index is 2.28. The molecule has 1 N–H and O–H groups in total. The van der Waals surface area contributed by atoms with Crippen molar-refractivity contribution in [2.75, 3.05) is 13.7 Å². The summed E-state index contributed by atoms with van der Waals surface area (Å²) in [6.45, 7) is 3.18. The normalized spacial score (nSPS) is 23.9. The average Bonchev–Trinajstić information content (AvgIpc) is 2.77. The zero-order chi connectivity index (χ0) is 12.3. The molecule has 17 heavy (non-hydrogen) atoms. The van der Waals surface area contributed by atoms with E-state index in [-0.39, 0.29) is 0 Å². The van der Waals surface area contributed by atoms with Crippen LogP contribution >= 0.6 is 11.6 Å². The van der Waals surface area contributed by atoms with Crippen molar-refractivity contribution in [3.63, 3.8) is 0 Å². The first-order valence-corrected chi connectivity index (χ1v) is 6.71. The Kier molecular flexibility index (Phi) is 4.30. The molecular weight excluding hydrogens is 234 g/mol. The van der Waals surface area contributed by atoms with E-state index < -0.39 is 0 Å². The second-order valence-electron chi connectivity index (χ2n) is 4.59. The number of benzene rings is 1. The van der Waals surface area contributed by atoms with Crippen LogP contribution in [0.4, 0.5) is 0 Å². The topological polar surface area (TPSA) is 21.3 Å². The van der Waals surface area contributed by atoms with E-state index in [0.29, 0.717) is 12.0 Å². The number of nitrogens with one attached hydrogen (secondary N) is 1. The fourth-order valence-corrected chi connectivity index (χ4v) is 3.01. The van der Waals surface area contributed by atoms with Gasteiger partial charge in [0.1, 0.15) is 5.75 Å². The molecule has 0 amide bonds. The van der Waals surface area contributed by atoms with Crippen LogP contribution in [0.25, 0.3) is 0 Å². The van der Waals surface area contributed by atoms with E-state index in [0.717, 1.165) is 17.3 Å². The SMILES string of the molecule is CCNC1CCCC1c1cc(Cl)ccc1OC. The van der Waals surface area contributed by atoms with Gasteiger partial charge in [-0.05, 0) is 37.6 Å². The van der Waals surface area contributed by atoms with Crippen LogP contribution in [0, 0.1) is 0 Å². The van der Waals surface area contributed by atoms with E-state index in [9.17, 15) is 0 Å². The van der Waals surface area contributed by atoms with Crippen molar-refractivity contribution in [1.29, 1.82) is 0 Å². The predicted octanol–water partition coefficient (Wildman–Crippen LogP) is 3.59. The first kappa shape index (κ1) is 12.7. The number of rotatable bonds is 4. The van der Waals surface area contributed by atoms with Gasteiger partial charge in [0.25, 0.3) is 0 Å². The maximum absolute atomic E-state index is 6.10. The number of likely N-dealkylation sites (N-methyl/N-ethyl adjacent to an activating group) is 1. The molecular formula is C14H20ClNO. The molecule has 1 aliphatic carbocycles. The third kappa shape index (κ3) is 2.75. The molecule has 2 nitrogen and oxygen atoms in total. The Hall–Kier alpha value is -0.730. The van der Waals surface area contributed by atoms with Crippen LogP contribution in [0.2, 0.25) is 5.02 Å². The van der Waals surface area contributed by atoms with E-state index in [1.54, 1.807) is 7.11 Å². The number of halogens is 1. The smallest absolute Gasteiger partial charge is 0.122 e. The van der Waals surface area contributed by atoms with Gasteiger partial charge in [-0.25, -0.2) is 0 Å². The van der Waals surface area contributed by atoms with E-state index >= 15 is 0 Å². The largest absolute Gasteiger partial charge is 0.496 e. The molecule has 0 aromatic heterocycles. The number of ether oxygens (including phenoxy) is 1. The lowest BCUT2D eigenvalue weighted by Crippen LogP contribution is -2.31. The molecule has 0 bridgehead atoms. The summed E-state index contributed by atoms with van der Waals surface area (Å²) in [5.74, 6) is 1.49. The van der Waals surface area contributed by atoms with Gasteiger partial charge in [0.2, 0.25) is 0 Å². The van der Waals surface area contributed by atoms with E-state index in [4.69, 9.17) is 16.3 Å². The Morgan fingerprint density at radius 3 is 2.94 bits per heavy atom. The second kappa shape index (κ2) is 5.74. The fourth-order valence-electron chi connectivity index (χ4n) is 2.83. The molecule has 0 heterocycles. The van der Waals surface area contributed by atoms with E-state index in [1.807, 2.05) is 12.1 Å². The van der Waals surface area contributed by atoms with Gasteiger partial charge in [0, 0.05) is 22.5 Å². The van der Waals surface area contributed by atoms with Gasteiger partial charge in [-0.1, -0.05) is 24.9 Å². The Bertz CT molecular complexity index is 380. The highest BCUT2D eigenvalue weighted by molar-refractivity contribution is 6.30. The highest BCUT2D eigenvalue weighted by Gasteiger charge is 2.29.